The highest BCUT2D eigenvalue weighted by atomic mass is 32.1. The second-order valence-electron chi connectivity index (χ2n) is 2.66. The molecule has 5 heteroatoms. The maximum absolute atomic E-state index is 11.0. The van der Waals surface area contributed by atoms with Gasteiger partial charge in [-0.1, -0.05) is 0 Å². The first-order valence-electron chi connectivity index (χ1n) is 4.04. The van der Waals surface area contributed by atoms with E-state index in [0.717, 1.165) is 10.7 Å². The topological polar surface area (TPSA) is 54.0 Å². The lowest BCUT2D eigenvalue weighted by atomic mass is 10.4. The fourth-order valence-corrected chi connectivity index (χ4v) is 1.51. The number of thiazole rings is 1. The molecule has 0 aliphatic rings. The van der Waals surface area contributed by atoms with Gasteiger partial charge >= 0.3 is 0 Å². The van der Waals surface area contributed by atoms with E-state index in [1.165, 1.54) is 0 Å². The Bertz CT molecular complexity index is 285. The molecule has 1 aromatic rings. The third-order valence-corrected chi connectivity index (χ3v) is 2.29. The smallest absolute Gasteiger partial charge is 0.234 e. The van der Waals surface area contributed by atoms with Crippen molar-refractivity contribution in [2.75, 3.05) is 13.6 Å². The normalized spacial score (nSPS) is 10.0. The highest BCUT2D eigenvalue weighted by molar-refractivity contribution is 7.09. The Morgan fingerprint density at radius 3 is 3.00 bits per heavy atom. The summed E-state index contributed by atoms with van der Waals surface area (Å²) in [7, 11) is 1.74. The molecule has 0 aromatic carbocycles. The quantitative estimate of drug-likeness (QED) is 0.732. The molecular weight excluding hydrogens is 186 g/mol. The molecule has 0 radical (unpaired) electrons. The van der Waals surface area contributed by atoms with Gasteiger partial charge < -0.3 is 10.6 Å². The third-order valence-electron chi connectivity index (χ3n) is 1.47. The maximum Gasteiger partial charge on any atom is 0.234 e. The van der Waals surface area contributed by atoms with Gasteiger partial charge in [0, 0.05) is 5.38 Å². The van der Waals surface area contributed by atoms with E-state index < -0.39 is 0 Å². The highest BCUT2D eigenvalue weighted by Crippen LogP contribution is 2.06. The molecule has 0 bridgehead atoms. The summed E-state index contributed by atoms with van der Waals surface area (Å²) in [6, 6.07) is 0. The molecule has 4 nitrogen and oxygen atoms in total. The van der Waals surface area contributed by atoms with Crippen LogP contribution < -0.4 is 10.6 Å². The lowest BCUT2D eigenvalue weighted by molar-refractivity contribution is -0.120. The van der Waals surface area contributed by atoms with Crippen LogP contribution in [0.2, 0.25) is 0 Å². The van der Waals surface area contributed by atoms with Crippen molar-refractivity contribution < 1.29 is 4.79 Å². The number of aromatic nitrogens is 1. The van der Waals surface area contributed by atoms with Gasteiger partial charge in [0.25, 0.3) is 0 Å². The predicted octanol–water partition coefficient (Wildman–Crippen LogP) is 0.287. The molecule has 1 rings (SSSR count). The zero-order valence-electron chi connectivity index (χ0n) is 7.76. The first-order chi connectivity index (χ1) is 6.22. The molecule has 1 heterocycles. The van der Waals surface area contributed by atoms with Crippen molar-refractivity contribution >= 4 is 17.2 Å². The number of nitrogens with zero attached hydrogens (tertiary/aromatic N) is 1. The number of amides is 1. The molecule has 0 saturated heterocycles. The number of aryl methyl sites for hydroxylation is 1. The van der Waals surface area contributed by atoms with Crippen molar-refractivity contribution in [2.24, 2.45) is 0 Å². The molecule has 0 aliphatic heterocycles. The first kappa shape index (κ1) is 10.1. The van der Waals surface area contributed by atoms with Crippen LogP contribution in [0.1, 0.15) is 10.7 Å². The molecule has 13 heavy (non-hydrogen) atoms. The van der Waals surface area contributed by atoms with Gasteiger partial charge in [0.15, 0.2) is 0 Å². The van der Waals surface area contributed by atoms with E-state index in [4.69, 9.17) is 0 Å². The Kier molecular flexibility index (Phi) is 3.85. The summed E-state index contributed by atoms with van der Waals surface area (Å²) in [6.45, 7) is 2.82. The van der Waals surface area contributed by atoms with E-state index in [1.807, 2.05) is 12.3 Å². The first-order valence-corrected chi connectivity index (χ1v) is 4.92. The lowest BCUT2D eigenvalue weighted by Crippen LogP contribution is -2.31. The second kappa shape index (κ2) is 4.94. The van der Waals surface area contributed by atoms with E-state index in [-0.39, 0.29) is 5.91 Å². The van der Waals surface area contributed by atoms with E-state index in [0.29, 0.717) is 13.1 Å². The largest absolute Gasteiger partial charge is 0.349 e. The number of hydrogen-bond acceptors (Lipinski definition) is 4. The maximum atomic E-state index is 11.0. The van der Waals surface area contributed by atoms with Gasteiger partial charge in [-0.2, -0.15) is 0 Å². The number of rotatable bonds is 4. The van der Waals surface area contributed by atoms with Gasteiger partial charge in [0.1, 0.15) is 0 Å². The van der Waals surface area contributed by atoms with Crippen molar-refractivity contribution in [2.45, 2.75) is 13.5 Å². The van der Waals surface area contributed by atoms with Crippen LogP contribution in [0.3, 0.4) is 0 Å². The van der Waals surface area contributed by atoms with Crippen molar-refractivity contribution in [3.63, 3.8) is 0 Å². The van der Waals surface area contributed by atoms with Crippen LogP contribution in [-0.2, 0) is 11.3 Å². The fourth-order valence-electron chi connectivity index (χ4n) is 0.902. The molecule has 0 fully saturated rings. The summed E-state index contributed by atoms with van der Waals surface area (Å²) in [6.07, 6.45) is 0. The van der Waals surface area contributed by atoms with Gasteiger partial charge in [-0.3, -0.25) is 4.79 Å². The van der Waals surface area contributed by atoms with Crippen molar-refractivity contribution in [1.29, 1.82) is 0 Å². The predicted molar refractivity (Wildman–Crippen MR) is 52.6 cm³/mol. The molecule has 72 valence electrons. The summed E-state index contributed by atoms with van der Waals surface area (Å²) >= 11 is 1.59. The molecule has 1 aromatic heterocycles. The standard InChI is InChI=1S/C8H13N3OS/c1-6-11-7(5-13-6)3-10-8(12)4-9-2/h5,9H,3-4H2,1-2H3,(H,10,12). The molecule has 0 aliphatic carbocycles. The zero-order chi connectivity index (χ0) is 9.68. The average molecular weight is 199 g/mol. The van der Waals surface area contributed by atoms with E-state index in [1.54, 1.807) is 18.4 Å². The van der Waals surface area contributed by atoms with Crippen molar-refractivity contribution in [3.05, 3.63) is 16.1 Å². The minimum Gasteiger partial charge on any atom is -0.349 e. The minimum absolute atomic E-state index is 0.00634. The highest BCUT2D eigenvalue weighted by Gasteiger charge is 2.01. The summed E-state index contributed by atoms with van der Waals surface area (Å²) in [5.41, 5.74) is 0.923. The Morgan fingerprint density at radius 2 is 2.46 bits per heavy atom. The Balaban J connectivity index is 2.30. The molecule has 0 spiro atoms. The Hall–Kier alpha value is -0.940. The zero-order valence-corrected chi connectivity index (χ0v) is 8.57. The van der Waals surface area contributed by atoms with E-state index in [2.05, 4.69) is 15.6 Å². The van der Waals surface area contributed by atoms with Gasteiger partial charge in [0.2, 0.25) is 5.91 Å². The summed E-state index contributed by atoms with van der Waals surface area (Å²) in [5.74, 6) is -0.00634. The van der Waals surface area contributed by atoms with Crippen molar-refractivity contribution in [1.82, 2.24) is 15.6 Å². The number of carbonyl (C=O) groups excluding carboxylic acids is 1. The molecule has 0 saturated carbocycles. The average Bonchev–Trinajstić information content (AvgIpc) is 2.49. The minimum atomic E-state index is -0.00634. The van der Waals surface area contributed by atoms with Crippen LogP contribution >= 0.6 is 11.3 Å². The van der Waals surface area contributed by atoms with Crippen LogP contribution in [-0.4, -0.2) is 24.5 Å². The van der Waals surface area contributed by atoms with Crippen LogP contribution in [0, 0.1) is 6.92 Å². The Labute approximate surface area is 81.4 Å². The van der Waals surface area contributed by atoms with Gasteiger partial charge in [-0.15, -0.1) is 11.3 Å². The van der Waals surface area contributed by atoms with Crippen LogP contribution in [0.25, 0.3) is 0 Å². The lowest BCUT2D eigenvalue weighted by Gasteiger charge is -2.01. The SMILES string of the molecule is CNCC(=O)NCc1csc(C)n1. The second-order valence-corrected chi connectivity index (χ2v) is 3.73. The van der Waals surface area contributed by atoms with Crippen LogP contribution in [0.4, 0.5) is 0 Å². The van der Waals surface area contributed by atoms with Crippen molar-refractivity contribution in [3.8, 4) is 0 Å². The van der Waals surface area contributed by atoms with E-state index in [9.17, 15) is 4.79 Å². The molecule has 0 unspecified atom stereocenters. The number of likely N-dealkylation sites (N-methyl/N-ethyl adjacent to an activating group) is 1. The number of carbonyl (C=O) groups is 1. The summed E-state index contributed by atoms with van der Waals surface area (Å²) in [4.78, 5) is 15.3. The van der Waals surface area contributed by atoms with Crippen LogP contribution in [0.15, 0.2) is 5.38 Å². The van der Waals surface area contributed by atoms with Gasteiger partial charge in [-0.05, 0) is 14.0 Å². The summed E-state index contributed by atoms with van der Waals surface area (Å²) in [5, 5.41) is 8.51. The van der Waals surface area contributed by atoms with E-state index >= 15 is 0 Å². The molecule has 2 N–H and O–H groups in total. The molecule has 0 atom stereocenters. The summed E-state index contributed by atoms with van der Waals surface area (Å²) < 4.78 is 0. The fraction of sp³-hybridized carbons (Fsp3) is 0.500. The number of hydrogen-bond donors (Lipinski definition) is 2. The van der Waals surface area contributed by atoms with Gasteiger partial charge in [0.05, 0.1) is 23.8 Å². The number of nitrogens with one attached hydrogen (secondary N) is 2. The molecule has 1 amide bonds. The van der Waals surface area contributed by atoms with Crippen LogP contribution in [0.5, 0.6) is 0 Å². The Morgan fingerprint density at radius 1 is 1.69 bits per heavy atom. The monoisotopic (exact) mass is 199 g/mol. The van der Waals surface area contributed by atoms with Gasteiger partial charge in [-0.25, -0.2) is 4.98 Å². The third kappa shape index (κ3) is 3.52. The molecular formula is C8H13N3OS.